The minimum absolute atomic E-state index is 0.0573. The van der Waals surface area contributed by atoms with Crippen LogP contribution in [0.15, 0.2) is 68.2 Å². The third-order valence-electron chi connectivity index (χ3n) is 3.73. The van der Waals surface area contributed by atoms with E-state index in [1.807, 2.05) is 6.92 Å². The first kappa shape index (κ1) is 20.9. The minimum Gasteiger partial charge on any atom is -0.487 e. The molecule has 1 aliphatic heterocycles. The zero-order valence-electron chi connectivity index (χ0n) is 15.1. The minimum atomic E-state index is -0.604. The summed E-state index contributed by atoms with van der Waals surface area (Å²) in [7, 11) is 0. The van der Waals surface area contributed by atoms with Crippen LogP contribution in [-0.2, 0) is 9.53 Å². The average molecular weight is 522 g/mol. The summed E-state index contributed by atoms with van der Waals surface area (Å²) in [5, 5.41) is 10.8. The summed E-state index contributed by atoms with van der Waals surface area (Å²) in [6.45, 7) is 6.05. The van der Waals surface area contributed by atoms with Gasteiger partial charge in [0.15, 0.2) is 5.70 Å². The highest BCUT2D eigenvalue weighted by Gasteiger charge is 2.25. The van der Waals surface area contributed by atoms with E-state index in [2.05, 4.69) is 43.4 Å². The molecule has 0 atom stereocenters. The van der Waals surface area contributed by atoms with Crippen LogP contribution in [0, 0.1) is 10.1 Å². The maximum absolute atomic E-state index is 12.2. The summed E-state index contributed by atoms with van der Waals surface area (Å²) in [6.07, 6.45) is 1.58. The topological polar surface area (TPSA) is 91.0 Å². The van der Waals surface area contributed by atoms with Gasteiger partial charge < -0.3 is 9.47 Å². The molecular weight excluding hydrogens is 508 g/mol. The van der Waals surface area contributed by atoms with E-state index in [9.17, 15) is 14.9 Å². The molecule has 2 aromatic rings. The van der Waals surface area contributed by atoms with Gasteiger partial charge in [-0.15, -0.1) is 0 Å². The molecule has 1 aliphatic rings. The van der Waals surface area contributed by atoms with E-state index in [1.54, 1.807) is 18.2 Å². The number of nitro benzene ring substituents is 1. The maximum Gasteiger partial charge on any atom is 0.363 e. The number of rotatable bonds is 6. The van der Waals surface area contributed by atoms with E-state index in [0.717, 1.165) is 5.57 Å². The zero-order valence-corrected chi connectivity index (χ0v) is 18.3. The van der Waals surface area contributed by atoms with E-state index < -0.39 is 10.9 Å². The highest BCUT2D eigenvalue weighted by molar-refractivity contribution is 9.11. The Morgan fingerprint density at radius 3 is 2.45 bits per heavy atom. The number of benzene rings is 2. The van der Waals surface area contributed by atoms with Gasteiger partial charge >= 0.3 is 5.97 Å². The van der Waals surface area contributed by atoms with Gasteiger partial charge in [-0.2, -0.15) is 0 Å². The number of aliphatic imine (C=N–C) groups is 1. The Hall–Kier alpha value is -2.78. The van der Waals surface area contributed by atoms with Crippen molar-refractivity contribution in [1.29, 1.82) is 0 Å². The van der Waals surface area contributed by atoms with Crippen molar-refractivity contribution in [2.24, 2.45) is 4.99 Å². The fraction of sp³-hybridized carbons (Fsp3) is 0.100. The number of esters is 1. The molecule has 3 rings (SSSR count). The van der Waals surface area contributed by atoms with Crippen LogP contribution in [0.25, 0.3) is 6.08 Å². The Balaban J connectivity index is 1.87. The number of carbonyl (C=O) groups is 1. The van der Waals surface area contributed by atoms with E-state index >= 15 is 0 Å². The highest BCUT2D eigenvalue weighted by Crippen LogP contribution is 2.36. The normalized spacial score (nSPS) is 14.5. The van der Waals surface area contributed by atoms with Gasteiger partial charge in [0.05, 0.1) is 13.9 Å². The van der Waals surface area contributed by atoms with Crippen LogP contribution < -0.4 is 4.74 Å². The molecule has 0 amide bonds. The molecule has 0 radical (unpaired) electrons. The summed E-state index contributed by atoms with van der Waals surface area (Å²) in [5.74, 6) is 0.114. The first-order valence-electron chi connectivity index (χ1n) is 8.28. The van der Waals surface area contributed by atoms with Crippen LogP contribution in [0.4, 0.5) is 5.69 Å². The molecule has 0 saturated heterocycles. The number of nitrogens with zero attached hydrogens (tertiary/aromatic N) is 2. The van der Waals surface area contributed by atoms with Gasteiger partial charge in [-0.05, 0) is 80.3 Å². The molecule has 0 bridgehead atoms. The largest absolute Gasteiger partial charge is 0.487 e. The van der Waals surface area contributed by atoms with Crippen molar-refractivity contribution in [2.45, 2.75) is 6.92 Å². The molecule has 7 nitrogen and oxygen atoms in total. The van der Waals surface area contributed by atoms with Gasteiger partial charge in [-0.3, -0.25) is 10.1 Å². The maximum atomic E-state index is 12.2. The molecule has 0 saturated carbocycles. The average Bonchev–Trinajstić information content (AvgIpc) is 3.01. The van der Waals surface area contributed by atoms with Crippen molar-refractivity contribution >= 4 is 55.5 Å². The molecule has 0 aliphatic carbocycles. The summed E-state index contributed by atoms with van der Waals surface area (Å²) in [4.78, 5) is 26.6. The molecule has 29 heavy (non-hydrogen) atoms. The zero-order chi connectivity index (χ0) is 21.1. The number of nitro groups is 1. The monoisotopic (exact) mass is 520 g/mol. The van der Waals surface area contributed by atoms with Crippen LogP contribution >= 0.6 is 31.9 Å². The molecule has 0 unspecified atom stereocenters. The lowest BCUT2D eigenvalue weighted by Crippen LogP contribution is -2.05. The lowest BCUT2D eigenvalue weighted by atomic mass is 10.2. The highest BCUT2D eigenvalue weighted by atomic mass is 79.9. The quantitative estimate of drug-likeness (QED) is 0.166. The molecule has 0 aromatic heterocycles. The van der Waals surface area contributed by atoms with E-state index in [4.69, 9.17) is 9.47 Å². The predicted molar refractivity (Wildman–Crippen MR) is 116 cm³/mol. The number of halogens is 2. The molecule has 0 N–H and O–H groups in total. The second kappa shape index (κ2) is 8.71. The Labute approximate surface area is 183 Å². The Morgan fingerprint density at radius 1 is 1.28 bits per heavy atom. The summed E-state index contributed by atoms with van der Waals surface area (Å²) in [6, 6.07) is 9.19. The lowest BCUT2D eigenvalue weighted by Gasteiger charge is -2.11. The summed E-state index contributed by atoms with van der Waals surface area (Å²) in [5.41, 5.74) is 2.12. The van der Waals surface area contributed by atoms with Crippen molar-refractivity contribution < 1.29 is 19.2 Å². The van der Waals surface area contributed by atoms with Crippen LogP contribution in [0.2, 0.25) is 0 Å². The van der Waals surface area contributed by atoms with E-state index in [-0.39, 0.29) is 17.3 Å². The van der Waals surface area contributed by atoms with Gasteiger partial charge in [0.2, 0.25) is 5.90 Å². The van der Waals surface area contributed by atoms with Gasteiger partial charge in [-0.25, -0.2) is 9.79 Å². The Morgan fingerprint density at radius 2 is 1.90 bits per heavy atom. The second-order valence-electron chi connectivity index (χ2n) is 6.20. The smallest absolute Gasteiger partial charge is 0.363 e. The lowest BCUT2D eigenvalue weighted by molar-refractivity contribution is -0.384. The summed E-state index contributed by atoms with van der Waals surface area (Å²) < 4.78 is 12.3. The molecule has 148 valence electrons. The molecule has 0 spiro atoms. The first-order chi connectivity index (χ1) is 13.7. The number of hydrogen-bond acceptors (Lipinski definition) is 6. The SMILES string of the molecule is C=C(C)COc1c(Br)cc(/C=C2\N=C(c3ccc([N+](=O)[O-])cc3)OC2=O)cc1Br. The fourth-order valence-electron chi connectivity index (χ4n) is 2.41. The van der Waals surface area contributed by atoms with E-state index in [1.165, 1.54) is 24.3 Å². The van der Waals surface area contributed by atoms with Gasteiger partial charge in [0.25, 0.3) is 5.69 Å². The summed E-state index contributed by atoms with van der Waals surface area (Å²) >= 11 is 6.92. The third-order valence-corrected chi connectivity index (χ3v) is 4.91. The third kappa shape index (κ3) is 4.99. The predicted octanol–water partition coefficient (Wildman–Crippen LogP) is 5.42. The number of ether oxygens (including phenoxy) is 2. The van der Waals surface area contributed by atoms with Gasteiger partial charge in [-0.1, -0.05) is 6.58 Å². The standard InChI is InChI=1S/C20H14Br2N2O5/c1-11(2)10-28-18-15(21)7-12(8-16(18)22)9-17-20(25)29-19(23-17)13-3-5-14(6-4-13)24(26)27/h3-9H,1,10H2,2H3/b17-9-. The molecule has 1 heterocycles. The van der Waals surface area contributed by atoms with Crippen LogP contribution in [0.5, 0.6) is 5.75 Å². The number of hydrogen-bond donors (Lipinski definition) is 0. The van der Waals surface area contributed by atoms with Crippen molar-refractivity contribution in [3.05, 3.63) is 84.4 Å². The molecular formula is C20H14Br2N2O5. The van der Waals surface area contributed by atoms with Crippen LogP contribution in [0.3, 0.4) is 0 Å². The van der Waals surface area contributed by atoms with Crippen molar-refractivity contribution in [3.63, 3.8) is 0 Å². The Bertz CT molecular complexity index is 1050. The van der Waals surface area contributed by atoms with Crippen molar-refractivity contribution in [3.8, 4) is 5.75 Å². The van der Waals surface area contributed by atoms with E-state index in [0.29, 0.717) is 32.4 Å². The van der Waals surface area contributed by atoms with Crippen LogP contribution in [-0.4, -0.2) is 23.4 Å². The van der Waals surface area contributed by atoms with Gasteiger partial charge in [0.1, 0.15) is 12.4 Å². The van der Waals surface area contributed by atoms with Gasteiger partial charge in [0, 0.05) is 17.7 Å². The number of non-ortho nitro benzene ring substituents is 1. The fourth-order valence-corrected chi connectivity index (χ4v) is 3.86. The molecule has 0 fully saturated rings. The van der Waals surface area contributed by atoms with Crippen LogP contribution in [0.1, 0.15) is 18.1 Å². The number of carbonyl (C=O) groups excluding carboxylic acids is 1. The first-order valence-corrected chi connectivity index (χ1v) is 9.87. The molecule has 9 heteroatoms. The molecule has 2 aromatic carbocycles. The van der Waals surface area contributed by atoms with Crippen molar-refractivity contribution in [2.75, 3.05) is 6.61 Å². The van der Waals surface area contributed by atoms with Crippen molar-refractivity contribution in [1.82, 2.24) is 0 Å². The Kier molecular flexibility index (Phi) is 6.29. The second-order valence-corrected chi connectivity index (χ2v) is 7.91. The number of cyclic esters (lactones) is 1.